The third-order valence-electron chi connectivity index (χ3n) is 20.8. The van der Waals surface area contributed by atoms with Crippen LogP contribution < -0.4 is 5.32 Å². The number of urea groups is 1. The molecule has 2 aromatic carbocycles. The van der Waals surface area contributed by atoms with E-state index >= 15 is 0 Å². The molecule has 360 valence electrons. The number of Topliss-reactive ketones (excluding diaryl/α,β-unsaturated/α-hetero) is 1. The zero-order valence-corrected chi connectivity index (χ0v) is 42.8. The third kappa shape index (κ3) is 8.02. The van der Waals surface area contributed by atoms with Crippen LogP contribution in [0, 0.1) is 62.6 Å². The number of halogens is 1. The van der Waals surface area contributed by atoms with Crippen molar-refractivity contribution < 1.29 is 19.1 Å². The van der Waals surface area contributed by atoms with Crippen LogP contribution in [0.5, 0.6) is 0 Å². The number of nitrogens with zero attached hydrogens (tertiary/aromatic N) is 2. The maximum atomic E-state index is 14.9. The minimum Gasteiger partial charge on any atom is -0.462 e. The van der Waals surface area contributed by atoms with Gasteiger partial charge in [0.15, 0.2) is 5.78 Å². The molecule has 66 heavy (non-hydrogen) atoms. The van der Waals surface area contributed by atoms with E-state index in [4.69, 9.17) is 16.3 Å². The molecule has 9 rings (SSSR count). The van der Waals surface area contributed by atoms with Gasteiger partial charge in [0.25, 0.3) is 0 Å². The van der Waals surface area contributed by atoms with Crippen LogP contribution in [0.3, 0.4) is 0 Å². The molecule has 7 aliphatic rings. The normalized spacial score (nSPS) is 36.9. The van der Waals surface area contributed by atoms with Gasteiger partial charge >= 0.3 is 12.0 Å². The average Bonchev–Trinajstić information content (AvgIpc) is 3.57. The van der Waals surface area contributed by atoms with Gasteiger partial charge in [-0.2, -0.15) is 0 Å². The molecule has 6 aliphatic carbocycles. The maximum absolute atomic E-state index is 14.9. The van der Waals surface area contributed by atoms with Gasteiger partial charge in [-0.3, -0.25) is 9.59 Å². The summed E-state index contributed by atoms with van der Waals surface area (Å²) in [6, 6.07) is 18.5. The number of ether oxygens (including phenoxy) is 1. The van der Waals surface area contributed by atoms with E-state index in [9.17, 15) is 14.4 Å². The van der Waals surface area contributed by atoms with Gasteiger partial charge in [0.1, 0.15) is 6.10 Å². The number of carbonyl (C=O) groups is 3. The number of carbonyl (C=O) groups excluding carboxylic acids is 3. The summed E-state index contributed by atoms with van der Waals surface area (Å²) in [6.07, 6.45) is 14.1. The number of amides is 2. The molecule has 5 saturated carbocycles. The third-order valence-corrected chi connectivity index (χ3v) is 21.0. The van der Waals surface area contributed by atoms with E-state index in [1.165, 1.54) is 30.4 Å². The largest absolute Gasteiger partial charge is 0.462 e. The highest BCUT2D eigenvalue weighted by Gasteiger charge is 2.70. The molecule has 2 aromatic rings. The van der Waals surface area contributed by atoms with E-state index in [-0.39, 0.29) is 68.7 Å². The lowest BCUT2D eigenvalue weighted by molar-refractivity contribution is -0.235. The van der Waals surface area contributed by atoms with Crippen molar-refractivity contribution in [2.45, 2.75) is 170 Å². The van der Waals surface area contributed by atoms with Gasteiger partial charge in [-0.1, -0.05) is 123 Å². The van der Waals surface area contributed by atoms with Crippen molar-refractivity contribution in [3.63, 3.8) is 0 Å². The Balaban J connectivity index is 0.935. The van der Waals surface area contributed by atoms with Crippen LogP contribution >= 0.6 is 11.6 Å². The summed E-state index contributed by atoms with van der Waals surface area (Å²) in [4.78, 5) is 48.0. The number of ketones is 1. The number of esters is 1. The van der Waals surface area contributed by atoms with Gasteiger partial charge in [0.05, 0.1) is 11.5 Å². The van der Waals surface area contributed by atoms with Gasteiger partial charge < -0.3 is 19.9 Å². The fraction of sp³-hybridized carbons (Fsp3) is 0.707. The molecule has 0 radical (unpaired) electrons. The Kier molecular flexibility index (Phi) is 12.8. The van der Waals surface area contributed by atoms with E-state index in [1.807, 2.05) is 29.2 Å². The molecule has 8 heteroatoms. The summed E-state index contributed by atoms with van der Waals surface area (Å²) in [5.41, 5.74) is 3.96. The second kappa shape index (κ2) is 17.7. The Morgan fingerprint density at radius 3 is 2.20 bits per heavy atom. The number of allylic oxidation sites excluding steroid dienone is 1. The van der Waals surface area contributed by atoms with Crippen LogP contribution in [0.4, 0.5) is 4.79 Å². The maximum Gasteiger partial charge on any atom is 0.318 e. The van der Waals surface area contributed by atoms with Crippen LogP contribution in [0.1, 0.15) is 157 Å². The minimum absolute atomic E-state index is 0.0188. The Labute approximate surface area is 403 Å². The average molecular weight is 921 g/mol. The lowest BCUT2D eigenvalue weighted by Crippen LogP contribution is -2.67. The molecule has 0 unspecified atom stereocenters. The summed E-state index contributed by atoms with van der Waals surface area (Å²) in [7, 11) is 0. The van der Waals surface area contributed by atoms with Crippen molar-refractivity contribution in [1.29, 1.82) is 0 Å². The lowest BCUT2D eigenvalue weighted by Gasteiger charge is -2.72. The Hall–Kier alpha value is -3.16. The van der Waals surface area contributed by atoms with Crippen molar-refractivity contribution in [2.75, 3.05) is 26.2 Å². The second-order valence-corrected chi connectivity index (χ2v) is 25.4. The number of hydrogen-bond acceptors (Lipinski definition) is 5. The first-order chi connectivity index (χ1) is 31.2. The summed E-state index contributed by atoms with van der Waals surface area (Å²) in [5, 5.41) is 4.40. The molecule has 6 fully saturated rings. The molecule has 1 heterocycles. The van der Waals surface area contributed by atoms with E-state index in [2.05, 4.69) is 103 Å². The zero-order valence-electron chi connectivity index (χ0n) is 42.1. The van der Waals surface area contributed by atoms with Gasteiger partial charge in [0.2, 0.25) is 0 Å². The molecule has 10 atom stereocenters. The number of benzene rings is 2. The van der Waals surface area contributed by atoms with E-state index < -0.39 is 5.54 Å². The Bertz CT molecular complexity index is 2180. The van der Waals surface area contributed by atoms with Crippen molar-refractivity contribution in [3.8, 4) is 0 Å². The highest BCUT2D eigenvalue weighted by molar-refractivity contribution is 6.30. The smallest absolute Gasteiger partial charge is 0.318 e. The van der Waals surface area contributed by atoms with Gasteiger partial charge in [-0.05, 0) is 176 Å². The molecule has 1 aliphatic heterocycles. The van der Waals surface area contributed by atoms with Gasteiger partial charge in [0, 0.05) is 36.5 Å². The molecular formula is C58H82ClN3O4. The highest BCUT2D eigenvalue weighted by atomic mass is 35.5. The predicted molar refractivity (Wildman–Crippen MR) is 266 cm³/mol. The first kappa shape index (κ1) is 47.9. The van der Waals surface area contributed by atoms with Crippen molar-refractivity contribution in [1.82, 2.24) is 15.1 Å². The summed E-state index contributed by atoms with van der Waals surface area (Å²) in [6.45, 7) is 25.7. The van der Waals surface area contributed by atoms with Crippen molar-refractivity contribution in [3.05, 3.63) is 81.9 Å². The van der Waals surface area contributed by atoms with E-state index in [1.54, 1.807) is 0 Å². The Morgan fingerprint density at radius 1 is 0.803 bits per heavy atom. The second-order valence-electron chi connectivity index (χ2n) is 24.9. The monoisotopic (exact) mass is 920 g/mol. The fourth-order valence-electron chi connectivity index (χ4n) is 16.6. The van der Waals surface area contributed by atoms with E-state index in [0.29, 0.717) is 42.3 Å². The molecule has 2 amide bonds. The summed E-state index contributed by atoms with van der Waals surface area (Å²) < 4.78 is 6.72. The number of likely N-dealkylation sites (tertiary alicyclic amines) is 1. The number of nitrogens with one attached hydrogen (secondary N) is 1. The van der Waals surface area contributed by atoms with Crippen LogP contribution in [0.25, 0.3) is 0 Å². The zero-order chi connectivity index (χ0) is 47.0. The molecule has 0 bridgehead atoms. The van der Waals surface area contributed by atoms with Gasteiger partial charge in [-0.15, -0.1) is 0 Å². The number of rotatable bonds is 11. The number of fused-ring (bicyclic) bond motifs is 7. The quantitative estimate of drug-likeness (QED) is 0.227. The van der Waals surface area contributed by atoms with Crippen LogP contribution in [-0.2, 0) is 27.3 Å². The van der Waals surface area contributed by atoms with Crippen LogP contribution in [0.15, 0.2) is 65.7 Å². The SMILES string of the molecule is CC(C)C1=C2[C@H]3CC[C@@H]4[C@@]5(C)CC[C@H](OC(=O)[C@H]6C[C@@H](Cc7ccccc7)C6(C)C)C(C)(C)[C@@H]5CC[C@@]4(C)[C@]3(C)CC[C@@]2(NC(=O)N(CCN2CCCCC2)Cc2ccc(Cl)cc2)CC1=O. The molecule has 0 spiro atoms. The molecule has 1 N–H and O–H groups in total. The molecular weight excluding hydrogens is 838 g/mol. The predicted octanol–water partition coefficient (Wildman–Crippen LogP) is 12.9. The first-order valence-electron chi connectivity index (χ1n) is 26.3. The topological polar surface area (TPSA) is 79.0 Å². The first-order valence-corrected chi connectivity index (χ1v) is 26.7. The van der Waals surface area contributed by atoms with Crippen molar-refractivity contribution >= 4 is 29.4 Å². The molecule has 0 aromatic heterocycles. The number of piperidine rings is 1. The number of hydrogen-bond donors (Lipinski definition) is 1. The summed E-state index contributed by atoms with van der Waals surface area (Å²) >= 11 is 6.30. The molecule has 7 nitrogen and oxygen atoms in total. The Morgan fingerprint density at radius 2 is 1.52 bits per heavy atom. The fourth-order valence-corrected chi connectivity index (χ4v) is 16.7. The highest BCUT2D eigenvalue weighted by Crippen LogP contribution is 2.76. The van der Waals surface area contributed by atoms with Crippen molar-refractivity contribution in [2.24, 2.45) is 62.6 Å². The lowest BCUT2D eigenvalue weighted by atomic mass is 9.33. The molecule has 1 saturated heterocycles. The van der Waals surface area contributed by atoms with Crippen LogP contribution in [-0.4, -0.2) is 65.4 Å². The summed E-state index contributed by atoms with van der Waals surface area (Å²) in [5.74, 6) is 1.98. The van der Waals surface area contributed by atoms with E-state index in [0.717, 1.165) is 95.0 Å². The minimum atomic E-state index is -0.661. The standard InChI is InChI=1S/C58H82ClN3O4/c1-38(2)49-45(63)36-58(60-52(65)62(33-32-61-30-14-11-15-31-61)37-40-18-20-42(59)21-19-40)29-28-56(8)43(50(49)58)22-23-47-55(7)26-25-48(54(5,6)46(55)24-27-57(47,56)9)66-51(64)44-35-41(53(44,3)4)34-39-16-12-10-13-17-39/h10,12-13,16-21,38,41,43-44,46-48H,11,14-15,22-37H2,1-9H3,(H,60,65)/t41-,43-,44-,46+,47-,48+,55+,56-,57-,58-/m1/s1. The van der Waals surface area contributed by atoms with Gasteiger partial charge in [-0.25, -0.2) is 4.79 Å². The van der Waals surface area contributed by atoms with Crippen LogP contribution in [0.2, 0.25) is 5.02 Å².